The van der Waals surface area contributed by atoms with Gasteiger partial charge in [0, 0.05) is 26.2 Å². The topological polar surface area (TPSA) is 24.5 Å². The Kier molecular flexibility index (Phi) is 7.49. The third kappa shape index (κ3) is 6.81. The molecule has 0 saturated carbocycles. The summed E-state index contributed by atoms with van der Waals surface area (Å²) in [6.45, 7) is 11.3. The van der Waals surface area contributed by atoms with Gasteiger partial charge in [-0.15, -0.1) is 0 Å². The van der Waals surface area contributed by atoms with E-state index in [-0.39, 0.29) is 0 Å². The van der Waals surface area contributed by atoms with E-state index in [1.165, 1.54) is 31.3 Å². The van der Waals surface area contributed by atoms with Gasteiger partial charge in [0.1, 0.15) is 0 Å². The Bertz CT molecular complexity index is 212. The van der Waals surface area contributed by atoms with Gasteiger partial charge in [-0.3, -0.25) is 4.90 Å². The highest BCUT2D eigenvalue weighted by Crippen LogP contribution is 2.13. The molecule has 0 aromatic heterocycles. The van der Waals surface area contributed by atoms with Gasteiger partial charge in [-0.2, -0.15) is 0 Å². The Hall–Kier alpha value is -0.380. The van der Waals surface area contributed by atoms with Gasteiger partial charge in [0.2, 0.25) is 0 Å². The minimum Gasteiger partial charge on any atom is -0.377 e. The summed E-state index contributed by atoms with van der Waals surface area (Å²) in [5, 5.41) is 3.39. The van der Waals surface area contributed by atoms with E-state index in [0.29, 0.717) is 6.10 Å². The Balaban J connectivity index is 2.10. The average molecular weight is 240 g/mol. The van der Waals surface area contributed by atoms with E-state index in [2.05, 4.69) is 30.8 Å². The normalized spacial score (nSPS) is 20.8. The van der Waals surface area contributed by atoms with Gasteiger partial charge in [0.25, 0.3) is 0 Å². The minimum absolute atomic E-state index is 0.435. The van der Waals surface area contributed by atoms with Gasteiger partial charge < -0.3 is 10.1 Å². The van der Waals surface area contributed by atoms with Gasteiger partial charge in [0.15, 0.2) is 0 Å². The van der Waals surface area contributed by atoms with Gasteiger partial charge in [-0.1, -0.05) is 13.5 Å². The van der Waals surface area contributed by atoms with Crippen LogP contribution >= 0.6 is 0 Å². The summed E-state index contributed by atoms with van der Waals surface area (Å²) in [6, 6.07) is 0. The van der Waals surface area contributed by atoms with Gasteiger partial charge in [0.05, 0.1) is 6.10 Å². The molecule has 1 N–H and O–H groups in total. The summed E-state index contributed by atoms with van der Waals surface area (Å²) in [5.41, 5.74) is 1.26. The van der Waals surface area contributed by atoms with E-state index >= 15 is 0 Å². The van der Waals surface area contributed by atoms with Gasteiger partial charge >= 0.3 is 0 Å². The SMILES string of the molecule is C=C(CNCCC)CN(C)CC1CCCCO1. The van der Waals surface area contributed by atoms with E-state index in [1.807, 2.05) is 0 Å². The molecular formula is C14H28N2O. The van der Waals surface area contributed by atoms with Crippen LogP contribution in [0.5, 0.6) is 0 Å². The number of ether oxygens (including phenoxy) is 1. The molecule has 100 valence electrons. The highest BCUT2D eigenvalue weighted by atomic mass is 16.5. The molecule has 1 atom stereocenters. The first-order chi connectivity index (χ1) is 8.22. The van der Waals surface area contributed by atoms with Crippen molar-refractivity contribution in [3.05, 3.63) is 12.2 Å². The smallest absolute Gasteiger partial charge is 0.0702 e. The van der Waals surface area contributed by atoms with Crippen LogP contribution in [0.15, 0.2) is 12.2 Å². The standard InChI is InChI=1S/C14H28N2O/c1-4-8-15-10-13(2)11-16(3)12-14-7-5-6-9-17-14/h14-15H,2,4-12H2,1,3H3. The lowest BCUT2D eigenvalue weighted by atomic mass is 10.1. The Labute approximate surface area is 106 Å². The highest BCUT2D eigenvalue weighted by molar-refractivity contribution is 4.99. The van der Waals surface area contributed by atoms with Crippen molar-refractivity contribution in [2.75, 3.05) is 39.8 Å². The zero-order valence-electron chi connectivity index (χ0n) is 11.5. The molecule has 1 heterocycles. The second-order valence-electron chi connectivity index (χ2n) is 5.11. The molecule has 1 aliphatic heterocycles. The minimum atomic E-state index is 0.435. The van der Waals surface area contributed by atoms with Crippen molar-refractivity contribution in [3.8, 4) is 0 Å². The van der Waals surface area contributed by atoms with Crippen LogP contribution in [-0.4, -0.2) is 50.8 Å². The summed E-state index contributed by atoms with van der Waals surface area (Å²) < 4.78 is 5.74. The van der Waals surface area contributed by atoms with Crippen molar-refractivity contribution in [2.24, 2.45) is 0 Å². The average Bonchev–Trinajstić information content (AvgIpc) is 2.30. The predicted octanol–water partition coefficient (Wildman–Crippen LogP) is 2.04. The van der Waals surface area contributed by atoms with Crippen LogP contribution in [0.4, 0.5) is 0 Å². The van der Waals surface area contributed by atoms with Crippen molar-refractivity contribution in [1.29, 1.82) is 0 Å². The van der Waals surface area contributed by atoms with E-state index in [9.17, 15) is 0 Å². The molecule has 0 aromatic rings. The second kappa shape index (κ2) is 8.67. The van der Waals surface area contributed by atoms with E-state index < -0.39 is 0 Å². The Morgan fingerprint density at radius 1 is 1.47 bits per heavy atom. The number of rotatable bonds is 8. The number of likely N-dealkylation sites (N-methyl/N-ethyl adjacent to an activating group) is 1. The van der Waals surface area contributed by atoms with Crippen LogP contribution < -0.4 is 5.32 Å². The van der Waals surface area contributed by atoms with Crippen LogP contribution in [0.2, 0.25) is 0 Å². The molecule has 0 spiro atoms. The van der Waals surface area contributed by atoms with Crippen molar-refractivity contribution >= 4 is 0 Å². The maximum Gasteiger partial charge on any atom is 0.0702 e. The summed E-state index contributed by atoms with van der Waals surface area (Å²) in [4.78, 5) is 2.33. The first kappa shape index (κ1) is 14.7. The third-order valence-electron chi connectivity index (χ3n) is 3.08. The summed E-state index contributed by atoms with van der Waals surface area (Å²) >= 11 is 0. The maximum atomic E-state index is 5.74. The molecule has 1 saturated heterocycles. The first-order valence-corrected chi connectivity index (χ1v) is 6.90. The lowest BCUT2D eigenvalue weighted by Gasteiger charge is -2.27. The van der Waals surface area contributed by atoms with E-state index in [0.717, 1.165) is 32.8 Å². The molecular weight excluding hydrogens is 212 g/mol. The maximum absolute atomic E-state index is 5.74. The van der Waals surface area contributed by atoms with Crippen molar-refractivity contribution in [2.45, 2.75) is 38.7 Å². The molecule has 0 radical (unpaired) electrons. The van der Waals surface area contributed by atoms with Gasteiger partial charge in [-0.05, 0) is 44.8 Å². The van der Waals surface area contributed by atoms with Crippen LogP contribution in [0.1, 0.15) is 32.6 Å². The molecule has 3 heteroatoms. The van der Waals surface area contributed by atoms with Crippen LogP contribution in [0.25, 0.3) is 0 Å². The lowest BCUT2D eigenvalue weighted by Crippen LogP contribution is -2.35. The molecule has 0 aromatic carbocycles. The summed E-state index contributed by atoms with van der Waals surface area (Å²) in [7, 11) is 2.16. The Morgan fingerprint density at radius 3 is 2.94 bits per heavy atom. The molecule has 0 bridgehead atoms. The number of nitrogens with one attached hydrogen (secondary N) is 1. The fourth-order valence-electron chi connectivity index (χ4n) is 2.24. The Morgan fingerprint density at radius 2 is 2.29 bits per heavy atom. The van der Waals surface area contributed by atoms with Gasteiger partial charge in [-0.25, -0.2) is 0 Å². The fraction of sp³-hybridized carbons (Fsp3) is 0.857. The van der Waals surface area contributed by atoms with Crippen molar-refractivity contribution in [1.82, 2.24) is 10.2 Å². The highest BCUT2D eigenvalue weighted by Gasteiger charge is 2.15. The zero-order chi connectivity index (χ0) is 12.5. The van der Waals surface area contributed by atoms with Crippen molar-refractivity contribution in [3.63, 3.8) is 0 Å². The zero-order valence-corrected chi connectivity index (χ0v) is 11.5. The fourth-order valence-corrected chi connectivity index (χ4v) is 2.24. The molecule has 1 unspecified atom stereocenters. The number of nitrogens with zero attached hydrogens (tertiary/aromatic N) is 1. The largest absolute Gasteiger partial charge is 0.377 e. The molecule has 0 aliphatic carbocycles. The molecule has 0 amide bonds. The first-order valence-electron chi connectivity index (χ1n) is 6.90. The van der Waals surface area contributed by atoms with Crippen LogP contribution in [0.3, 0.4) is 0 Å². The predicted molar refractivity (Wildman–Crippen MR) is 73.4 cm³/mol. The monoisotopic (exact) mass is 240 g/mol. The number of hydrogen-bond acceptors (Lipinski definition) is 3. The summed E-state index contributed by atoms with van der Waals surface area (Å²) in [6.07, 6.45) is 5.38. The molecule has 17 heavy (non-hydrogen) atoms. The second-order valence-corrected chi connectivity index (χ2v) is 5.11. The number of hydrogen-bond donors (Lipinski definition) is 1. The van der Waals surface area contributed by atoms with Crippen LogP contribution in [0, 0.1) is 0 Å². The van der Waals surface area contributed by atoms with Crippen LogP contribution in [-0.2, 0) is 4.74 Å². The molecule has 1 rings (SSSR count). The molecule has 1 aliphatic rings. The molecule has 3 nitrogen and oxygen atoms in total. The van der Waals surface area contributed by atoms with E-state index in [4.69, 9.17) is 4.74 Å². The third-order valence-corrected chi connectivity index (χ3v) is 3.08. The van der Waals surface area contributed by atoms with E-state index in [1.54, 1.807) is 0 Å². The van der Waals surface area contributed by atoms with Crippen molar-refractivity contribution < 1.29 is 4.74 Å². The lowest BCUT2D eigenvalue weighted by molar-refractivity contribution is -0.000168. The quantitative estimate of drug-likeness (QED) is 0.519. The molecule has 1 fully saturated rings. The summed E-state index contributed by atoms with van der Waals surface area (Å²) in [5.74, 6) is 0.